The van der Waals surface area contributed by atoms with Crippen molar-refractivity contribution in [1.82, 2.24) is 15.5 Å². The maximum Gasteiger partial charge on any atom is 0.408 e. The summed E-state index contributed by atoms with van der Waals surface area (Å²) >= 11 is 0. The number of benzene rings is 2. The van der Waals surface area contributed by atoms with Gasteiger partial charge < -0.3 is 25.2 Å². The number of fused-ring (bicyclic) bond motifs is 1. The van der Waals surface area contributed by atoms with Crippen LogP contribution in [0, 0.1) is 11.8 Å². The van der Waals surface area contributed by atoms with Gasteiger partial charge in [0.05, 0.1) is 5.69 Å². The molecule has 0 bridgehead atoms. The highest BCUT2D eigenvalue weighted by Gasteiger charge is 2.46. The van der Waals surface area contributed by atoms with Gasteiger partial charge in [0.2, 0.25) is 11.8 Å². The van der Waals surface area contributed by atoms with E-state index in [1.807, 2.05) is 32.0 Å². The van der Waals surface area contributed by atoms with Crippen LogP contribution in [0.3, 0.4) is 0 Å². The molecule has 0 unspecified atom stereocenters. The Balaban J connectivity index is 2.06. The number of unbranched alkanes of at least 4 members (excludes halogenated alkanes) is 1. The first-order valence-electron chi connectivity index (χ1n) is 18.7. The molecular weight excluding hydrogens is 676 g/mol. The number of nitrogens with one attached hydrogen (secondary N) is 2. The van der Waals surface area contributed by atoms with Gasteiger partial charge >= 0.3 is 12.1 Å². The quantitative estimate of drug-likeness (QED) is 0.146. The third kappa shape index (κ3) is 12.5. The van der Waals surface area contributed by atoms with Crippen LogP contribution in [0.1, 0.15) is 111 Å². The van der Waals surface area contributed by atoms with E-state index in [1.54, 1.807) is 64.1 Å². The lowest BCUT2D eigenvalue weighted by Gasteiger charge is -2.37. The Morgan fingerprint density at radius 3 is 2.23 bits per heavy atom. The van der Waals surface area contributed by atoms with E-state index >= 15 is 0 Å². The summed E-state index contributed by atoms with van der Waals surface area (Å²) in [5.41, 5.74) is -1.10. The van der Waals surface area contributed by atoms with Crippen LogP contribution in [0.4, 0.5) is 10.5 Å². The summed E-state index contributed by atoms with van der Waals surface area (Å²) in [5.74, 6) is -3.40. The summed E-state index contributed by atoms with van der Waals surface area (Å²) in [6.45, 7) is 14.2. The van der Waals surface area contributed by atoms with E-state index in [9.17, 15) is 29.1 Å². The van der Waals surface area contributed by atoms with Crippen molar-refractivity contribution in [3.63, 3.8) is 0 Å². The third-order valence-electron chi connectivity index (χ3n) is 9.40. The smallest absolute Gasteiger partial charge is 0.408 e. The summed E-state index contributed by atoms with van der Waals surface area (Å²) in [7, 11) is 0. The van der Waals surface area contributed by atoms with Crippen LogP contribution in [-0.2, 0) is 40.9 Å². The Kier molecular flexibility index (Phi) is 15.7. The molecule has 0 radical (unpaired) electrons. The maximum atomic E-state index is 14.8. The highest BCUT2D eigenvalue weighted by molar-refractivity contribution is 6.04. The highest BCUT2D eigenvalue weighted by atomic mass is 16.6. The van der Waals surface area contributed by atoms with Gasteiger partial charge in [-0.25, -0.2) is 9.59 Å². The van der Waals surface area contributed by atoms with Crippen LogP contribution in [0.5, 0.6) is 0 Å². The number of hydrogen-bond donors (Lipinski definition) is 3. The molecule has 1 heterocycles. The summed E-state index contributed by atoms with van der Waals surface area (Å²) in [5, 5.41) is 17.3. The van der Waals surface area contributed by atoms with Gasteiger partial charge in [-0.05, 0) is 57.6 Å². The Labute approximate surface area is 314 Å². The molecule has 0 saturated heterocycles. The molecule has 6 atom stereocenters. The summed E-state index contributed by atoms with van der Waals surface area (Å²) in [6.07, 6.45) is 3.63. The molecule has 290 valence electrons. The van der Waals surface area contributed by atoms with Gasteiger partial charge in [-0.2, -0.15) is 0 Å². The molecule has 0 spiro atoms. The Bertz CT molecular complexity index is 1590. The largest absolute Gasteiger partial charge is 0.459 e. The number of carbonyl (C=O) groups excluding carboxylic acids is 5. The molecular formula is C41H58N4O8. The van der Waals surface area contributed by atoms with Crippen molar-refractivity contribution in [1.29, 1.82) is 0 Å². The monoisotopic (exact) mass is 734 g/mol. The SMILES string of the molecule is CCCC[C@H](C)CCC(=O)N(C(=O)[C@H](NC(=O)OC(C)(C)C)[C@H](C)CC)[C@H](C[C@@]1(O)C=Nc2ccccc21)C(=O)N[C@@H](C)C(=O)OCc1ccccc1. The van der Waals surface area contributed by atoms with Gasteiger partial charge in [-0.15, -0.1) is 0 Å². The average Bonchev–Trinajstić information content (AvgIpc) is 3.45. The molecule has 2 aromatic carbocycles. The van der Waals surface area contributed by atoms with Crippen LogP contribution in [0.15, 0.2) is 59.6 Å². The van der Waals surface area contributed by atoms with E-state index in [2.05, 4.69) is 22.5 Å². The first-order chi connectivity index (χ1) is 25.0. The molecule has 1 aliphatic heterocycles. The molecule has 1 aliphatic rings. The van der Waals surface area contributed by atoms with Crippen LogP contribution in [0.25, 0.3) is 0 Å². The van der Waals surface area contributed by atoms with Gasteiger partial charge in [0.15, 0.2) is 0 Å². The molecule has 12 heteroatoms. The number of esters is 1. The van der Waals surface area contributed by atoms with Crippen molar-refractivity contribution >= 4 is 41.7 Å². The molecule has 0 fully saturated rings. The lowest BCUT2D eigenvalue weighted by Crippen LogP contribution is -2.61. The first kappa shape index (κ1) is 42.8. The number of ether oxygens (including phenoxy) is 2. The van der Waals surface area contributed by atoms with Crippen LogP contribution < -0.4 is 10.6 Å². The van der Waals surface area contributed by atoms with Gasteiger partial charge in [0, 0.05) is 24.6 Å². The van der Waals surface area contributed by atoms with Crippen LogP contribution in [0.2, 0.25) is 0 Å². The minimum atomic E-state index is -1.85. The highest BCUT2D eigenvalue weighted by Crippen LogP contribution is 2.39. The van der Waals surface area contributed by atoms with Gasteiger partial charge in [0.25, 0.3) is 5.91 Å². The molecule has 4 amide bonds. The van der Waals surface area contributed by atoms with E-state index in [-0.39, 0.29) is 18.9 Å². The average molecular weight is 735 g/mol. The molecule has 53 heavy (non-hydrogen) atoms. The number of rotatable bonds is 18. The first-order valence-corrected chi connectivity index (χ1v) is 18.7. The summed E-state index contributed by atoms with van der Waals surface area (Å²) in [6, 6.07) is 11.8. The lowest BCUT2D eigenvalue weighted by molar-refractivity contribution is -0.156. The number of imide groups is 1. The summed E-state index contributed by atoms with van der Waals surface area (Å²) < 4.78 is 10.9. The molecule has 3 rings (SSSR count). The molecule has 0 aromatic heterocycles. The number of alkyl carbamates (subject to hydrolysis) is 1. The predicted molar refractivity (Wildman–Crippen MR) is 203 cm³/mol. The van der Waals surface area contributed by atoms with E-state index in [1.165, 1.54) is 13.1 Å². The van der Waals surface area contributed by atoms with Gasteiger partial charge in [-0.3, -0.25) is 24.3 Å². The fraction of sp³-hybridized carbons (Fsp3) is 0.561. The molecule has 0 saturated carbocycles. The Hall–Kier alpha value is -4.58. The zero-order valence-electron chi connectivity index (χ0n) is 32.5. The lowest BCUT2D eigenvalue weighted by atomic mass is 9.87. The van der Waals surface area contributed by atoms with E-state index in [0.29, 0.717) is 24.1 Å². The van der Waals surface area contributed by atoms with Crippen molar-refractivity contribution in [3.8, 4) is 0 Å². The fourth-order valence-corrected chi connectivity index (χ4v) is 6.08. The Morgan fingerprint density at radius 1 is 0.925 bits per heavy atom. The van der Waals surface area contributed by atoms with Crippen LogP contribution >= 0.6 is 0 Å². The van der Waals surface area contributed by atoms with Crippen molar-refractivity contribution in [2.75, 3.05) is 0 Å². The predicted octanol–water partition coefficient (Wildman–Crippen LogP) is 6.50. The normalized spacial score (nSPS) is 17.8. The van der Waals surface area contributed by atoms with E-state index < -0.39 is 71.5 Å². The van der Waals surface area contributed by atoms with Gasteiger partial charge in [-0.1, -0.05) is 102 Å². The van der Waals surface area contributed by atoms with Crippen LogP contribution in [-0.4, -0.2) is 69.7 Å². The molecule has 2 aromatic rings. The second-order valence-electron chi connectivity index (χ2n) is 15.1. The number of aliphatic hydroxyl groups is 1. The van der Waals surface area contributed by atoms with E-state index in [4.69, 9.17) is 9.47 Å². The fourth-order valence-electron chi connectivity index (χ4n) is 6.08. The molecule has 12 nitrogen and oxygen atoms in total. The van der Waals surface area contributed by atoms with E-state index in [0.717, 1.165) is 29.7 Å². The molecule has 3 N–H and O–H groups in total. The third-order valence-corrected chi connectivity index (χ3v) is 9.40. The van der Waals surface area contributed by atoms with Crippen molar-refractivity contribution in [2.45, 2.75) is 136 Å². The number of nitrogens with zero attached hydrogens (tertiary/aromatic N) is 2. The second kappa shape index (κ2) is 19.5. The molecule has 0 aliphatic carbocycles. The van der Waals surface area contributed by atoms with Crippen molar-refractivity contribution in [3.05, 3.63) is 65.7 Å². The number of aliphatic imine (C=N–C) groups is 1. The number of amides is 4. The minimum absolute atomic E-state index is 0.0253. The number of para-hydroxylation sites is 1. The van der Waals surface area contributed by atoms with Gasteiger partial charge in [0.1, 0.15) is 35.9 Å². The topological polar surface area (TPSA) is 164 Å². The number of hydrogen-bond acceptors (Lipinski definition) is 9. The standard InChI is InChI=1S/C41H58N4O8/c1-9-11-17-27(3)22-23-34(46)45(37(48)35(28(4)10-2)44-39(50)53-40(6,7)8)33(24-41(51)26-42-32-21-16-15-20-31(32)41)36(47)43-29(5)38(49)52-25-30-18-13-12-14-19-30/h12-16,18-21,26-29,33,35,51H,9-11,17,22-25H2,1-8H3,(H,43,47)(H,44,50)/t27-,28+,29-,33+,35+,41+/m0/s1. The number of carbonyl (C=O) groups is 5. The Morgan fingerprint density at radius 2 is 1.58 bits per heavy atom. The zero-order valence-corrected chi connectivity index (χ0v) is 32.5. The summed E-state index contributed by atoms with van der Waals surface area (Å²) in [4.78, 5) is 75.1. The van der Waals surface area contributed by atoms with Crippen molar-refractivity contribution < 1.29 is 38.6 Å². The zero-order chi connectivity index (χ0) is 39.3. The maximum absolute atomic E-state index is 14.8. The second-order valence-corrected chi connectivity index (χ2v) is 15.1. The van der Waals surface area contributed by atoms with Crippen molar-refractivity contribution in [2.24, 2.45) is 16.8 Å². The minimum Gasteiger partial charge on any atom is -0.459 e.